The molecule has 4 nitrogen and oxygen atoms in total. The third-order valence-electron chi connectivity index (χ3n) is 4.92. The number of thiophene rings is 1. The predicted octanol–water partition coefficient (Wildman–Crippen LogP) is 3.15. The van der Waals surface area contributed by atoms with Crippen molar-refractivity contribution in [2.75, 3.05) is 26.2 Å². The summed E-state index contributed by atoms with van der Waals surface area (Å²) in [7, 11) is 0. The number of halogens is 1. The van der Waals surface area contributed by atoms with Crippen molar-refractivity contribution in [1.29, 1.82) is 0 Å². The van der Waals surface area contributed by atoms with Crippen LogP contribution in [-0.2, 0) is 4.74 Å². The van der Waals surface area contributed by atoms with Crippen molar-refractivity contribution in [3.63, 3.8) is 0 Å². The van der Waals surface area contributed by atoms with E-state index < -0.39 is 0 Å². The Labute approximate surface area is 150 Å². The molecule has 6 heteroatoms. The summed E-state index contributed by atoms with van der Waals surface area (Å²) in [6.45, 7) is 3.29. The Balaban J connectivity index is 1.35. The smallest absolute Gasteiger partial charge is 0.261 e. The fraction of sp³-hybridized carbons (Fsp3) is 0.421. The Morgan fingerprint density at radius 3 is 3.08 bits per heavy atom. The molecule has 2 aliphatic rings. The molecule has 3 heterocycles. The molecule has 2 aliphatic heterocycles. The molecule has 2 fully saturated rings. The fourth-order valence-corrected chi connectivity index (χ4v) is 4.52. The summed E-state index contributed by atoms with van der Waals surface area (Å²) < 4.78 is 19.7. The van der Waals surface area contributed by atoms with Crippen LogP contribution in [0.15, 0.2) is 36.4 Å². The van der Waals surface area contributed by atoms with E-state index in [1.54, 1.807) is 30.3 Å². The maximum absolute atomic E-state index is 13.9. The van der Waals surface area contributed by atoms with Gasteiger partial charge in [0.25, 0.3) is 5.91 Å². The van der Waals surface area contributed by atoms with Crippen LogP contribution in [0.1, 0.15) is 22.5 Å². The van der Waals surface area contributed by atoms with Crippen molar-refractivity contribution in [3.05, 3.63) is 47.1 Å². The summed E-state index contributed by atoms with van der Waals surface area (Å²) in [5.41, 5.74) is 0.530. The van der Waals surface area contributed by atoms with Crippen molar-refractivity contribution in [2.45, 2.75) is 25.0 Å². The number of hydrogen-bond donors (Lipinski definition) is 1. The lowest BCUT2D eigenvalue weighted by Gasteiger charge is -2.35. The molecule has 1 aromatic heterocycles. The van der Waals surface area contributed by atoms with E-state index in [0.29, 0.717) is 23.0 Å². The first kappa shape index (κ1) is 16.7. The number of rotatable bonds is 4. The second kappa shape index (κ2) is 7.23. The van der Waals surface area contributed by atoms with Gasteiger partial charge in [0, 0.05) is 29.6 Å². The third-order valence-corrected chi connectivity index (χ3v) is 6.04. The van der Waals surface area contributed by atoms with Gasteiger partial charge in [0.1, 0.15) is 5.82 Å². The van der Waals surface area contributed by atoms with Crippen molar-refractivity contribution in [2.24, 2.45) is 0 Å². The average Bonchev–Trinajstić information content (AvgIpc) is 3.29. The molecule has 25 heavy (non-hydrogen) atoms. The minimum Gasteiger partial charge on any atom is -0.373 e. The van der Waals surface area contributed by atoms with Gasteiger partial charge in [-0.2, -0.15) is 0 Å². The molecular formula is C19H21FN2O2S. The molecule has 132 valence electrons. The zero-order valence-electron chi connectivity index (χ0n) is 13.9. The number of carbonyl (C=O) groups excluding carboxylic acids is 1. The zero-order valence-corrected chi connectivity index (χ0v) is 14.7. The number of amides is 1. The lowest BCUT2D eigenvalue weighted by molar-refractivity contribution is -0.0461. The summed E-state index contributed by atoms with van der Waals surface area (Å²) >= 11 is 1.31. The number of ether oxygens (including phenoxy) is 1. The maximum Gasteiger partial charge on any atom is 0.261 e. The van der Waals surface area contributed by atoms with Crippen LogP contribution in [0.2, 0.25) is 0 Å². The molecule has 4 rings (SSSR count). The lowest BCUT2D eigenvalue weighted by Crippen LogP contribution is -2.50. The standard InChI is InChI=1S/C19H21FN2O2S/c20-16-6-2-1-5-15(16)17-7-8-18(25-17)19(23)21-10-14-11-22-9-3-4-13(22)12-24-14/h1-2,5-8,13-14H,3-4,9-12H2,(H,21,23)/t13-,14-/m1/s1. The van der Waals surface area contributed by atoms with Crippen molar-refractivity contribution < 1.29 is 13.9 Å². The molecule has 0 bridgehead atoms. The molecule has 2 saturated heterocycles. The van der Waals surface area contributed by atoms with E-state index in [2.05, 4.69) is 10.2 Å². The van der Waals surface area contributed by atoms with E-state index in [1.165, 1.54) is 30.2 Å². The molecule has 2 atom stereocenters. The molecular weight excluding hydrogens is 339 g/mol. The number of nitrogens with zero attached hydrogens (tertiary/aromatic N) is 1. The number of benzene rings is 1. The van der Waals surface area contributed by atoms with E-state index in [0.717, 1.165) is 24.6 Å². The van der Waals surface area contributed by atoms with Gasteiger partial charge in [-0.15, -0.1) is 11.3 Å². The lowest BCUT2D eigenvalue weighted by atomic mass is 10.2. The molecule has 1 aromatic carbocycles. The second-order valence-corrected chi connectivity index (χ2v) is 7.68. The third kappa shape index (κ3) is 3.61. The average molecular weight is 360 g/mol. The highest BCUT2D eigenvalue weighted by Crippen LogP contribution is 2.30. The summed E-state index contributed by atoms with van der Waals surface area (Å²) in [5, 5.41) is 2.95. The Morgan fingerprint density at radius 1 is 1.32 bits per heavy atom. The minimum absolute atomic E-state index is 0.0456. The fourth-order valence-electron chi connectivity index (χ4n) is 3.57. The van der Waals surface area contributed by atoms with Gasteiger partial charge in [0.05, 0.1) is 17.6 Å². The van der Waals surface area contributed by atoms with Crippen LogP contribution in [-0.4, -0.2) is 49.2 Å². The summed E-state index contributed by atoms with van der Waals surface area (Å²) in [4.78, 5) is 16.2. The molecule has 0 saturated carbocycles. The highest BCUT2D eigenvalue weighted by molar-refractivity contribution is 7.17. The normalized spacial score (nSPS) is 23.4. The van der Waals surface area contributed by atoms with Gasteiger partial charge in [-0.05, 0) is 37.6 Å². The largest absolute Gasteiger partial charge is 0.373 e. The van der Waals surface area contributed by atoms with Gasteiger partial charge in [0.15, 0.2) is 0 Å². The highest BCUT2D eigenvalue weighted by Gasteiger charge is 2.32. The Kier molecular flexibility index (Phi) is 4.83. The van der Waals surface area contributed by atoms with Crippen LogP contribution in [0, 0.1) is 5.82 Å². The number of fused-ring (bicyclic) bond motifs is 1. The molecule has 1 amide bonds. The quantitative estimate of drug-likeness (QED) is 0.911. The Bertz CT molecular complexity index is 763. The molecule has 0 aliphatic carbocycles. The van der Waals surface area contributed by atoms with Crippen LogP contribution in [0.25, 0.3) is 10.4 Å². The van der Waals surface area contributed by atoms with Crippen molar-refractivity contribution in [1.82, 2.24) is 10.2 Å². The molecule has 2 aromatic rings. The van der Waals surface area contributed by atoms with Crippen LogP contribution < -0.4 is 5.32 Å². The van der Waals surface area contributed by atoms with E-state index in [9.17, 15) is 9.18 Å². The Hall–Kier alpha value is -1.76. The van der Waals surface area contributed by atoms with Gasteiger partial charge in [-0.1, -0.05) is 18.2 Å². The first-order valence-electron chi connectivity index (χ1n) is 8.69. The summed E-state index contributed by atoms with van der Waals surface area (Å²) in [6.07, 6.45) is 2.50. The van der Waals surface area contributed by atoms with Crippen molar-refractivity contribution >= 4 is 17.2 Å². The van der Waals surface area contributed by atoms with Crippen LogP contribution in [0.3, 0.4) is 0 Å². The molecule has 0 radical (unpaired) electrons. The van der Waals surface area contributed by atoms with E-state index in [4.69, 9.17) is 4.74 Å². The van der Waals surface area contributed by atoms with Crippen LogP contribution >= 0.6 is 11.3 Å². The zero-order chi connectivity index (χ0) is 17.2. The van der Waals surface area contributed by atoms with Gasteiger partial charge >= 0.3 is 0 Å². The van der Waals surface area contributed by atoms with Crippen molar-refractivity contribution in [3.8, 4) is 10.4 Å². The molecule has 0 unspecified atom stereocenters. The van der Waals surface area contributed by atoms with Crippen LogP contribution in [0.4, 0.5) is 4.39 Å². The monoisotopic (exact) mass is 360 g/mol. The SMILES string of the molecule is O=C(NC[C@@H]1CN2CCC[C@@H]2CO1)c1ccc(-c2ccccc2F)s1. The van der Waals surface area contributed by atoms with Gasteiger partial charge in [-0.25, -0.2) is 4.39 Å². The number of morpholine rings is 1. The van der Waals surface area contributed by atoms with Gasteiger partial charge < -0.3 is 10.1 Å². The van der Waals surface area contributed by atoms with Gasteiger partial charge in [0.2, 0.25) is 0 Å². The highest BCUT2D eigenvalue weighted by atomic mass is 32.1. The van der Waals surface area contributed by atoms with E-state index >= 15 is 0 Å². The predicted molar refractivity (Wildman–Crippen MR) is 96.4 cm³/mol. The summed E-state index contributed by atoms with van der Waals surface area (Å²) in [5.74, 6) is -0.396. The first-order valence-corrected chi connectivity index (χ1v) is 9.51. The Morgan fingerprint density at radius 2 is 2.20 bits per heavy atom. The van der Waals surface area contributed by atoms with Crippen LogP contribution in [0.5, 0.6) is 0 Å². The molecule has 0 spiro atoms. The second-order valence-electron chi connectivity index (χ2n) is 6.60. The number of carbonyl (C=O) groups is 1. The minimum atomic E-state index is -0.271. The van der Waals surface area contributed by atoms with E-state index in [1.807, 2.05) is 0 Å². The first-order chi connectivity index (χ1) is 12.2. The topological polar surface area (TPSA) is 41.6 Å². The maximum atomic E-state index is 13.9. The summed E-state index contributed by atoms with van der Waals surface area (Å²) in [6, 6.07) is 10.7. The van der Waals surface area contributed by atoms with Gasteiger partial charge in [-0.3, -0.25) is 9.69 Å². The van der Waals surface area contributed by atoms with E-state index in [-0.39, 0.29) is 17.8 Å². The number of nitrogens with one attached hydrogen (secondary N) is 1. The molecule has 1 N–H and O–H groups in total. The number of hydrogen-bond acceptors (Lipinski definition) is 4.